The van der Waals surface area contributed by atoms with E-state index in [9.17, 15) is 9.59 Å². The van der Waals surface area contributed by atoms with E-state index in [-0.39, 0.29) is 18.6 Å². The third kappa shape index (κ3) is 3.57. The van der Waals surface area contributed by atoms with Crippen molar-refractivity contribution in [3.05, 3.63) is 0 Å². The molecule has 0 aromatic rings. The van der Waals surface area contributed by atoms with Crippen LogP contribution in [0.1, 0.15) is 6.42 Å². The first-order valence-corrected chi connectivity index (χ1v) is 6.61. The first-order chi connectivity index (χ1) is 9.08. The summed E-state index contributed by atoms with van der Waals surface area (Å²) in [6, 6.07) is 0.190. The molecule has 1 atom stereocenters. The Morgan fingerprint density at radius 1 is 1.32 bits per heavy atom. The van der Waals surface area contributed by atoms with Gasteiger partial charge in [0.05, 0.1) is 19.2 Å². The van der Waals surface area contributed by atoms with Crippen molar-refractivity contribution in [1.29, 1.82) is 0 Å². The van der Waals surface area contributed by atoms with Crippen molar-refractivity contribution in [3.8, 4) is 0 Å². The predicted octanol–water partition coefficient (Wildman–Crippen LogP) is -0.471. The number of nitrogens with zero attached hydrogens (tertiary/aromatic N) is 3. The summed E-state index contributed by atoms with van der Waals surface area (Å²) < 4.78 is 5.29. The molecule has 0 saturated carbocycles. The van der Waals surface area contributed by atoms with Crippen LogP contribution in [0, 0.1) is 0 Å². The van der Waals surface area contributed by atoms with Crippen LogP contribution < -0.4 is 0 Å². The Morgan fingerprint density at radius 2 is 2.00 bits per heavy atom. The Labute approximate surface area is 112 Å². The largest absolute Gasteiger partial charge is 0.480 e. The average Bonchev–Trinajstić information content (AvgIpc) is 2.91. The van der Waals surface area contributed by atoms with Gasteiger partial charge in [0.15, 0.2) is 0 Å². The van der Waals surface area contributed by atoms with Gasteiger partial charge in [0.25, 0.3) is 0 Å². The van der Waals surface area contributed by atoms with Crippen LogP contribution in [0.25, 0.3) is 0 Å². The molecule has 19 heavy (non-hydrogen) atoms. The molecule has 0 radical (unpaired) electrons. The fourth-order valence-electron chi connectivity index (χ4n) is 2.50. The van der Waals surface area contributed by atoms with E-state index in [4.69, 9.17) is 9.84 Å². The molecule has 1 N–H and O–H groups in total. The average molecular weight is 271 g/mol. The van der Waals surface area contributed by atoms with Gasteiger partial charge in [-0.05, 0) is 6.42 Å². The molecular weight excluding hydrogens is 250 g/mol. The number of carboxylic acid groups (broad SMARTS) is 1. The normalized spacial score (nSPS) is 24.5. The summed E-state index contributed by atoms with van der Waals surface area (Å²) in [7, 11) is 1.81. The van der Waals surface area contributed by atoms with E-state index in [1.54, 1.807) is 9.80 Å². The quantitative estimate of drug-likeness (QED) is 0.751. The molecule has 2 aliphatic rings. The monoisotopic (exact) mass is 271 g/mol. The summed E-state index contributed by atoms with van der Waals surface area (Å²) >= 11 is 0. The molecule has 2 heterocycles. The van der Waals surface area contributed by atoms with Crippen molar-refractivity contribution in [2.45, 2.75) is 12.5 Å². The molecule has 0 aromatic carbocycles. The van der Waals surface area contributed by atoms with Gasteiger partial charge in [-0.2, -0.15) is 0 Å². The van der Waals surface area contributed by atoms with Crippen LogP contribution in [0.3, 0.4) is 0 Å². The van der Waals surface area contributed by atoms with Crippen molar-refractivity contribution in [2.24, 2.45) is 0 Å². The van der Waals surface area contributed by atoms with Crippen LogP contribution in [-0.4, -0.2) is 90.8 Å². The Morgan fingerprint density at radius 3 is 2.53 bits per heavy atom. The zero-order chi connectivity index (χ0) is 13.8. The SMILES string of the molecule is CN(C(=O)N1CCN(CC(=O)O)CC1)C1CCOC1. The zero-order valence-electron chi connectivity index (χ0n) is 11.2. The van der Waals surface area contributed by atoms with Gasteiger partial charge in [-0.15, -0.1) is 0 Å². The number of aliphatic carboxylic acids is 1. The summed E-state index contributed by atoms with van der Waals surface area (Å²) in [5, 5.41) is 8.73. The molecule has 2 rings (SSSR count). The second-order valence-electron chi connectivity index (χ2n) is 5.07. The van der Waals surface area contributed by atoms with E-state index in [2.05, 4.69) is 0 Å². The van der Waals surface area contributed by atoms with Gasteiger partial charge in [-0.1, -0.05) is 0 Å². The number of carbonyl (C=O) groups excluding carboxylic acids is 1. The lowest BCUT2D eigenvalue weighted by Crippen LogP contribution is -2.54. The topological polar surface area (TPSA) is 73.3 Å². The number of amides is 2. The van der Waals surface area contributed by atoms with Gasteiger partial charge < -0.3 is 19.6 Å². The molecule has 0 spiro atoms. The predicted molar refractivity (Wildman–Crippen MR) is 68.0 cm³/mol. The Balaban J connectivity index is 1.80. The first kappa shape index (κ1) is 14.1. The number of likely N-dealkylation sites (N-methyl/N-ethyl adjacent to an activating group) is 1. The lowest BCUT2D eigenvalue weighted by Gasteiger charge is -2.37. The van der Waals surface area contributed by atoms with Crippen LogP contribution in [0.2, 0.25) is 0 Å². The minimum absolute atomic E-state index is 0.0190. The second kappa shape index (κ2) is 6.21. The highest BCUT2D eigenvalue weighted by molar-refractivity contribution is 5.74. The Kier molecular flexibility index (Phi) is 4.60. The highest BCUT2D eigenvalue weighted by Crippen LogP contribution is 2.13. The lowest BCUT2D eigenvalue weighted by molar-refractivity contribution is -0.138. The van der Waals surface area contributed by atoms with Gasteiger partial charge in [0, 0.05) is 39.8 Å². The first-order valence-electron chi connectivity index (χ1n) is 6.61. The maximum absolute atomic E-state index is 12.3. The van der Waals surface area contributed by atoms with Crippen LogP contribution in [0.5, 0.6) is 0 Å². The minimum atomic E-state index is -0.819. The molecule has 0 bridgehead atoms. The maximum Gasteiger partial charge on any atom is 0.320 e. The molecule has 108 valence electrons. The molecule has 0 aliphatic carbocycles. The lowest BCUT2D eigenvalue weighted by atomic mass is 10.2. The minimum Gasteiger partial charge on any atom is -0.480 e. The fourth-order valence-corrected chi connectivity index (χ4v) is 2.50. The van der Waals surface area contributed by atoms with Crippen LogP contribution in [-0.2, 0) is 9.53 Å². The number of carboxylic acids is 1. The molecule has 2 fully saturated rings. The Bertz CT molecular complexity index is 336. The van der Waals surface area contributed by atoms with Gasteiger partial charge in [0.1, 0.15) is 0 Å². The summed E-state index contributed by atoms with van der Waals surface area (Å²) in [6.45, 7) is 3.79. The van der Waals surface area contributed by atoms with E-state index in [1.807, 2.05) is 11.9 Å². The standard InChI is InChI=1S/C12H21N3O4/c1-13(10-2-7-19-9-10)12(18)15-5-3-14(4-6-15)8-11(16)17/h10H,2-9H2,1H3,(H,16,17). The number of urea groups is 1. The van der Waals surface area contributed by atoms with E-state index in [1.165, 1.54) is 0 Å². The van der Waals surface area contributed by atoms with Crippen molar-refractivity contribution in [1.82, 2.24) is 14.7 Å². The molecule has 0 aromatic heterocycles. The molecular formula is C12H21N3O4. The third-order valence-electron chi connectivity index (χ3n) is 3.76. The summed E-state index contributed by atoms with van der Waals surface area (Å²) in [5.74, 6) is -0.819. The molecule has 1 unspecified atom stereocenters. The third-order valence-corrected chi connectivity index (χ3v) is 3.76. The summed E-state index contributed by atoms with van der Waals surface area (Å²) in [5.41, 5.74) is 0. The second-order valence-corrected chi connectivity index (χ2v) is 5.07. The van der Waals surface area contributed by atoms with E-state index in [0.717, 1.165) is 6.42 Å². The number of rotatable bonds is 3. The van der Waals surface area contributed by atoms with E-state index in [0.29, 0.717) is 39.4 Å². The highest BCUT2D eigenvalue weighted by Gasteiger charge is 2.29. The van der Waals surface area contributed by atoms with Gasteiger partial charge in [-0.3, -0.25) is 9.69 Å². The molecule has 2 amide bonds. The number of piperazine rings is 1. The van der Waals surface area contributed by atoms with Gasteiger partial charge >= 0.3 is 12.0 Å². The fraction of sp³-hybridized carbons (Fsp3) is 0.833. The van der Waals surface area contributed by atoms with Crippen molar-refractivity contribution < 1.29 is 19.4 Å². The van der Waals surface area contributed by atoms with Crippen LogP contribution >= 0.6 is 0 Å². The van der Waals surface area contributed by atoms with Crippen molar-refractivity contribution in [3.63, 3.8) is 0 Å². The number of hydrogen-bond donors (Lipinski definition) is 1. The number of carbonyl (C=O) groups is 2. The zero-order valence-corrected chi connectivity index (χ0v) is 11.2. The molecule has 7 nitrogen and oxygen atoms in total. The van der Waals surface area contributed by atoms with E-state index >= 15 is 0 Å². The molecule has 2 aliphatic heterocycles. The number of ether oxygens (including phenoxy) is 1. The molecule has 7 heteroatoms. The van der Waals surface area contributed by atoms with Crippen molar-refractivity contribution >= 4 is 12.0 Å². The van der Waals surface area contributed by atoms with Crippen molar-refractivity contribution in [2.75, 3.05) is 53.0 Å². The van der Waals surface area contributed by atoms with Crippen LogP contribution in [0.4, 0.5) is 4.79 Å². The highest BCUT2D eigenvalue weighted by atomic mass is 16.5. The molecule has 2 saturated heterocycles. The van der Waals surface area contributed by atoms with Gasteiger partial charge in [-0.25, -0.2) is 4.79 Å². The van der Waals surface area contributed by atoms with Gasteiger partial charge in [0.2, 0.25) is 0 Å². The number of hydrogen-bond acceptors (Lipinski definition) is 4. The maximum atomic E-state index is 12.3. The van der Waals surface area contributed by atoms with E-state index < -0.39 is 5.97 Å². The van der Waals surface area contributed by atoms with Crippen LogP contribution in [0.15, 0.2) is 0 Å². The summed E-state index contributed by atoms with van der Waals surface area (Å²) in [6.07, 6.45) is 0.890. The smallest absolute Gasteiger partial charge is 0.320 e. The summed E-state index contributed by atoms with van der Waals surface area (Å²) in [4.78, 5) is 28.3. The Hall–Kier alpha value is -1.34.